The first-order valence-electron chi connectivity index (χ1n) is 7.71. The van der Waals surface area contributed by atoms with Crippen molar-refractivity contribution in [3.05, 3.63) is 48.3 Å². The summed E-state index contributed by atoms with van der Waals surface area (Å²) in [6.45, 7) is 2.04. The second-order valence-electron chi connectivity index (χ2n) is 5.64. The van der Waals surface area contributed by atoms with Crippen LogP contribution in [-0.4, -0.2) is 28.6 Å². The molecule has 24 heavy (non-hydrogen) atoms. The van der Waals surface area contributed by atoms with E-state index < -0.39 is 15.8 Å². The molecule has 0 aromatic heterocycles. The summed E-state index contributed by atoms with van der Waals surface area (Å²) in [7, 11) is -2.59. The summed E-state index contributed by atoms with van der Waals surface area (Å²) in [5, 5.41) is 0. The van der Waals surface area contributed by atoms with Crippen LogP contribution in [0.1, 0.15) is 12.8 Å². The molecule has 0 spiro atoms. The third-order valence-electron chi connectivity index (χ3n) is 4.01. The SMILES string of the molecule is COc1ccc(F)cc1S(=O)(=O)Nc1ccc(N2CCCC2)cc1. The number of nitrogens with zero attached hydrogens (tertiary/aromatic N) is 1. The molecule has 0 bridgehead atoms. The maximum absolute atomic E-state index is 13.4. The van der Waals surface area contributed by atoms with Gasteiger partial charge in [0.1, 0.15) is 16.5 Å². The Morgan fingerprint density at radius 3 is 2.38 bits per heavy atom. The molecule has 0 atom stereocenters. The number of methoxy groups -OCH3 is 1. The van der Waals surface area contributed by atoms with E-state index in [9.17, 15) is 12.8 Å². The van der Waals surface area contributed by atoms with Crippen LogP contribution < -0.4 is 14.4 Å². The molecule has 2 aromatic carbocycles. The standard InChI is InChI=1S/C17H19FN2O3S/c1-23-16-9-4-13(18)12-17(16)24(21,22)19-14-5-7-15(8-6-14)20-10-2-3-11-20/h4-9,12,19H,2-3,10-11H2,1H3. The van der Waals surface area contributed by atoms with Gasteiger partial charge < -0.3 is 9.64 Å². The molecule has 128 valence electrons. The molecule has 1 heterocycles. The number of anilines is 2. The topological polar surface area (TPSA) is 58.6 Å². The number of benzene rings is 2. The van der Waals surface area contributed by atoms with Crippen LogP contribution in [0.25, 0.3) is 0 Å². The lowest BCUT2D eigenvalue weighted by Crippen LogP contribution is -2.18. The minimum absolute atomic E-state index is 0.0950. The average Bonchev–Trinajstić information content (AvgIpc) is 3.10. The van der Waals surface area contributed by atoms with Gasteiger partial charge in [-0.1, -0.05) is 0 Å². The zero-order valence-electron chi connectivity index (χ0n) is 13.3. The van der Waals surface area contributed by atoms with Gasteiger partial charge >= 0.3 is 0 Å². The fourth-order valence-corrected chi connectivity index (χ4v) is 4.03. The van der Waals surface area contributed by atoms with Crippen molar-refractivity contribution < 1.29 is 17.5 Å². The van der Waals surface area contributed by atoms with E-state index in [4.69, 9.17) is 4.74 Å². The number of rotatable bonds is 5. The van der Waals surface area contributed by atoms with Crippen molar-refractivity contribution in [2.24, 2.45) is 0 Å². The van der Waals surface area contributed by atoms with Gasteiger partial charge in [0, 0.05) is 24.5 Å². The van der Waals surface area contributed by atoms with Crippen LogP contribution in [0.3, 0.4) is 0 Å². The number of nitrogens with one attached hydrogen (secondary N) is 1. The van der Waals surface area contributed by atoms with E-state index >= 15 is 0 Å². The summed E-state index contributed by atoms with van der Waals surface area (Å²) in [6, 6.07) is 10.6. The highest BCUT2D eigenvalue weighted by Crippen LogP contribution is 2.28. The lowest BCUT2D eigenvalue weighted by molar-refractivity contribution is 0.401. The van der Waals surface area contributed by atoms with Crippen LogP contribution in [0.5, 0.6) is 5.75 Å². The van der Waals surface area contributed by atoms with Gasteiger partial charge in [-0.3, -0.25) is 4.72 Å². The molecule has 0 radical (unpaired) electrons. The second-order valence-corrected chi connectivity index (χ2v) is 7.29. The predicted molar refractivity (Wildman–Crippen MR) is 91.6 cm³/mol. The first kappa shape index (κ1) is 16.6. The number of sulfonamides is 1. The van der Waals surface area contributed by atoms with E-state index in [1.54, 1.807) is 12.1 Å². The molecule has 1 aliphatic rings. The number of hydrogen-bond donors (Lipinski definition) is 1. The number of ether oxygens (including phenoxy) is 1. The van der Waals surface area contributed by atoms with Gasteiger partial charge in [-0.25, -0.2) is 12.8 Å². The Hall–Kier alpha value is -2.28. The third-order valence-corrected chi connectivity index (χ3v) is 5.41. The average molecular weight is 350 g/mol. The van der Waals surface area contributed by atoms with E-state index in [1.165, 1.54) is 26.0 Å². The highest BCUT2D eigenvalue weighted by atomic mass is 32.2. The van der Waals surface area contributed by atoms with Gasteiger partial charge in [-0.15, -0.1) is 0 Å². The Bertz CT molecular complexity index is 816. The van der Waals surface area contributed by atoms with Gasteiger partial charge in [0.15, 0.2) is 0 Å². The van der Waals surface area contributed by atoms with Crippen molar-refractivity contribution in [1.29, 1.82) is 0 Å². The Morgan fingerprint density at radius 2 is 1.75 bits per heavy atom. The van der Waals surface area contributed by atoms with E-state index in [0.717, 1.165) is 30.9 Å². The van der Waals surface area contributed by atoms with E-state index in [0.29, 0.717) is 5.69 Å². The molecular formula is C17H19FN2O3S. The molecule has 1 N–H and O–H groups in total. The third kappa shape index (κ3) is 3.46. The Labute approximate surface area is 141 Å². The molecule has 5 nitrogen and oxygen atoms in total. The Kier molecular flexibility index (Phi) is 4.62. The van der Waals surface area contributed by atoms with Crippen molar-refractivity contribution in [3.8, 4) is 5.75 Å². The molecule has 1 aliphatic heterocycles. The summed E-state index contributed by atoms with van der Waals surface area (Å²) in [5.74, 6) is -0.543. The molecule has 2 aromatic rings. The zero-order chi connectivity index (χ0) is 17.2. The molecule has 3 rings (SSSR count). The van der Waals surface area contributed by atoms with Crippen LogP contribution in [-0.2, 0) is 10.0 Å². The first-order chi connectivity index (χ1) is 11.5. The zero-order valence-corrected chi connectivity index (χ0v) is 14.1. The maximum Gasteiger partial charge on any atom is 0.265 e. The Balaban J connectivity index is 1.83. The van der Waals surface area contributed by atoms with Gasteiger partial charge in [-0.2, -0.15) is 0 Å². The lowest BCUT2D eigenvalue weighted by Gasteiger charge is -2.18. The molecule has 0 saturated carbocycles. The maximum atomic E-state index is 13.4. The largest absolute Gasteiger partial charge is 0.495 e. The number of halogens is 1. The van der Waals surface area contributed by atoms with Crippen LogP contribution in [0.15, 0.2) is 47.4 Å². The molecule has 0 unspecified atom stereocenters. The van der Waals surface area contributed by atoms with Gasteiger partial charge in [-0.05, 0) is 55.3 Å². The highest BCUT2D eigenvalue weighted by Gasteiger charge is 2.21. The Morgan fingerprint density at radius 1 is 1.08 bits per heavy atom. The van der Waals surface area contributed by atoms with Crippen LogP contribution in [0, 0.1) is 5.82 Å². The van der Waals surface area contributed by atoms with Crippen LogP contribution >= 0.6 is 0 Å². The monoisotopic (exact) mass is 350 g/mol. The van der Waals surface area contributed by atoms with E-state index in [2.05, 4.69) is 9.62 Å². The summed E-state index contributed by atoms with van der Waals surface area (Å²) >= 11 is 0. The summed E-state index contributed by atoms with van der Waals surface area (Å²) in [5.41, 5.74) is 1.49. The van der Waals surface area contributed by atoms with Crippen molar-refractivity contribution in [2.45, 2.75) is 17.7 Å². The second kappa shape index (κ2) is 6.68. The van der Waals surface area contributed by atoms with Crippen LogP contribution in [0.4, 0.5) is 15.8 Å². The van der Waals surface area contributed by atoms with Gasteiger partial charge in [0.2, 0.25) is 0 Å². The summed E-state index contributed by atoms with van der Waals surface area (Å²) in [4.78, 5) is 2.03. The summed E-state index contributed by atoms with van der Waals surface area (Å²) in [6.07, 6.45) is 2.35. The molecule has 1 fully saturated rings. The van der Waals surface area contributed by atoms with Crippen molar-refractivity contribution >= 4 is 21.4 Å². The van der Waals surface area contributed by atoms with Gasteiger partial charge in [0.25, 0.3) is 10.0 Å². The lowest BCUT2D eigenvalue weighted by atomic mass is 10.2. The minimum Gasteiger partial charge on any atom is -0.495 e. The fraction of sp³-hybridized carbons (Fsp3) is 0.294. The first-order valence-corrected chi connectivity index (χ1v) is 9.19. The predicted octanol–water partition coefficient (Wildman–Crippen LogP) is 3.24. The normalized spacial score (nSPS) is 14.7. The fourth-order valence-electron chi connectivity index (χ4n) is 2.79. The van der Waals surface area contributed by atoms with Gasteiger partial charge in [0.05, 0.1) is 7.11 Å². The molecule has 1 saturated heterocycles. The minimum atomic E-state index is -3.94. The molecule has 7 heteroatoms. The van der Waals surface area contributed by atoms with Crippen molar-refractivity contribution in [2.75, 3.05) is 29.8 Å². The quantitative estimate of drug-likeness (QED) is 0.899. The summed E-state index contributed by atoms with van der Waals surface area (Å²) < 4.78 is 45.9. The molecule has 0 aliphatic carbocycles. The highest BCUT2D eigenvalue weighted by molar-refractivity contribution is 7.92. The smallest absolute Gasteiger partial charge is 0.265 e. The van der Waals surface area contributed by atoms with E-state index in [1.807, 2.05) is 12.1 Å². The van der Waals surface area contributed by atoms with E-state index in [-0.39, 0.29) is 10.6 Å². The van der Waals surface area contributed by atoms with Crippen molar-refractivity contribution in [1.82, 2.24) is 0 Å². The van der Waals surface area contributed by atoms with Crippen LogP contribution in [0.2, 0.25) is 0 Å². The number of hydrogen-bond acceptors (Lipinski definition) is 4. The molecule has 0 amide bonds. The van der Waals surface area contributed by atoms with Crippen molar-refractivity contribution in [3.63, 3.8) is 0 Å². The molecular weight excluding hydrogens is 331 g/mol.